The van der Waals surface area contributed by atoms with Crippen LogP contribution in [0.3, 0.4) is 0 Å². The summed E-state index contributed by atoms with van der Waals surface area (Å²) in [5, 5.41) is 25.9. The smallest absolute Gasteiger partial charge is 0.308 e. The number of amides is 1. The van der Waals surface area contributed by atoms with Crippen LogP contribution in [0.1, 0.15) is 27.7 Å². The van der Waals surface area contributed by atoms with Crippen molar-refractivity contribution in [3.8, 4) is 0 Å². The van der Waals surface area contributed by atoms with Gasteiger partial charge in [0.15, 0.2) is 0 Å². The largest absolute Gasteiger partial charge is 0.481 e. The Labute approximate surface area is 121 Å². The second-order valence-corrected chi connectivity index (χ2v) is 5.35. The molecule has 0 aliphatic carbocycles. The molecule has 1 rings (SSSR count). The van der Waals surface area contributed by atoms with E-state index in [9.17, 15) is 19.7 Å². The molecule has 2 atom stereocenters. The van der Waals surface area contributed by atoms with Gasteiger partial charge in [0.1, 0.15) is 17.9 Å². The van der Waals surface area contributed by atoms with Crippen LogP contribution in [0.5, 0.6) is 0 Å². The zero-order chi connectivity index (χ0) is 16.4. The van der Waals surface area contributed by atoms with Gasteiger partial charge in [-0.2, -0.15) is 5.10 Å². The second kappa shape index (κ2) is 5.90. The lowest BCUT2D eigenvalue weighted by Crippen LogP contribution is -2.50. The van der Waals surface area contributed by atoms with Crippen molar-refractivity contribution < 1.29 is 19.6 Å². The number of hydrogen-bond acceptors (Lipinski definition) is 5. The lowest BCUT2D eigenvalue weighted by molar-refractivity contribution is -0.385. The van der Waals surface area contributed by atoms with E-state index in [2.05, 4.69) is 10.4 Å². The topological polar surface area (TPSA) is 127 Å². The van der Waals surface area contributed by atoms with Crippen LogP contribution in [0, 0.1) is 16.0 Å². The molecule has 1 heterocycles. The number of carbonyl (C=O) groups excluding carboxylic acids is 1. The molecular formula is C12H18N4O5. The van der Waals surface area contributed by atoms with Crippen LogP contribution < -0.4 is 5.32 Å². The van der Waals surface area contributed by atoms with Crippen molar-refractivity contribution in [2.75, 3.05) is 0 Å². The third kappa shape index (κ3) is 3.56. The Morgan fingerprint density at radius 3 is 2.48 bits per heavy atom. The minimum atomic E-state index is -1.18. The van der Waals surface area contributed by atoms with E-state index >= 15 is 0 Å². The summed E-state index contributed by atoms with van der Waals surface area (Å²) >= 11 is 0. The number of aromatic nitrogens is 2. The molecule has 0 bridgehead atoms. The van der Waals surface area contributed by atoms with Crippen molar-refractivity contribution in [2.45, 2.75) is 39.3 Å². The maximum Gasteiger partial charge on any atom is 0.308 e. The molecule has 2 unspecified atom stereocenters. The molecule has 1 aromatic heterocycles. The summed E-state index contributed by atoms with van der Waals surface area (Å²) in [7, 11) is 0. The average molecular weight is 298 g/mol. The van der Waals surface area contributed by atoms with Gasteiger partial charge in [-0.1, -0.05) is 0 Å². The van der Waals surface area contributed by atoms with Gasteiger partial charge < -0.3 is 10.4 Å². The van der Waals surface area contributed by atoms with E-state index in [-0.39, 0.29) is 5.69 Å². The lowest BCUT2D eigenvalue weighted by atomic mass is 10.0. The number of nitro groups is 1. The van der Waals surface area contributed by atoms with Crippen LogP contribution in [0.4, 0.5) is 5.69 Å². The number of carboxylic acids is 1. The average Bonchev–Trinajstić information content (AvgIpc) is 2.87. The standard InChI is InChI=1S/C12H18N4O5/c1-7(10(17)18)8(2)14-11(19)12(3,4)15-6-9(5-13-15)16(20)21/h5-8H,1-4H3,(H,14,19)(H,17,18). The molecule has 0 fully saturated rings. The molecule has 1 amide bonds. The fraction of sp³-hybridized carbons (Fsp3) is 0.583. The quantitative estimate of drug-likeness (QED) is 0.589. The van der Waals surface area contributed by atoms with Gasteiger partial charge >= 0.3 is 11.7 Å². The maximum absolute atomic E-state index is 12.2. The van der Waals surface area contributed by atoms with Crippen LogP contribution in [0.25, 0.3) is 0 Å². The first kappa shape index (κ1) is 16.6. The minimum Gasteiger partial charge on any atom is -0.481 e. The molecular weight excluding hydrogens is 280 g/mol. The van der Waals surface area contributed by atoms with Gasteiger partial charge in [0.25, 0.3) is 0 Å². The highest BCUT2D eigenvalue weighted by atomic mass is 16.6. The molecule has 0 radical (unpaired) electrons. The summed E-state index contributed by atoms with van der Waals surface area (Å²) in [4.78, 5) is 33.2. The molecule has 116 valence electrons. The van der Waals surface area contributed by atoms with Crippen molar-refractivity contribution in [2.24, 2.45) is 5.92 Å². The van der Waals surface area contributed by atoms with Crippen molar-refractivity contribution in [3.05, 3.63) is 22.5 Å². The van der Waals surface area contributed by atoms with Gasteiger partial charge in [0, 0.05) is 6.04 Å². The van der Waals surface area contributed by atoms with Gasteiger partial charge in [-0.05, 0) is 27.7 Å². The van der Waals surface area contributed by atoms with Gasteiger partial charge in [-0.25, -0.2) is 0 Å². The monoisotopic (exact) mass is 298 g/mol. The van der Waals surface area contributed by atoms with Crippen molar-refractivity contribution in [1.29, 1.82) is 0 Å². The van der Waals surface area contributed by atoms with E-state index in [4.69, 9.17) is 5.11 Å². The van der Waals surface area contributed by atoms with Crippen LogP contribution in [0.2, 0.25) is 0 Å². The fourth-order valence-corrected chi connectivity index (χ4v) is 1.54. The number of aliphatic carboxylic acids is 1. The van der Waals surface area contributed by atoms with Crippen LogP contribution in [-0.2, 0) is 15.1 Å². The molecule has 0 aliphatic rings. The first-order valence-corrected chi connectivity index (χ1v) is 6.30. The second-order valence-electron chi connectivity index (χ2n) is 5.35. The predicted octanol–water partition coefficient (Wildman–Crippen LogP) is 0.752. The highest BCUT2D eigenvalue weighted by Gasteiger charge is 2.34. The Balaban J connectivity index is 2.88. The number of nitrogens with one attached hydrogen (secondary N) is 1. The Hall–Kier alpha value is -2.45. The van der Waals surface area contributed by atoms with E-state index in [0.29, 0.717) is 0 Å². The van der Waals surface area contributed by atoms with E-state index < -0.39 is 34.3 Å². The van der Waals surface area contributed by atoms with E-state index in [1.54, 1.807) is 6.92 Å². The van der Waals surface area contributed by atoms with E-state index in [0.717, 1.165) is 12.4 Å². The Bertz CT molecular complexity index is 566. The molecule has 1 aromatic rings. The Morgan fingerprint density at radius 2 is 2.05 bits per heavy atom. The highest BCUT2D eigenvalue weighted by Crippen LogP contribution is 2.19. The van der Waals surface area contributed by atoms with E-state index in [1.807, 2.05) is 0 Å². The SMILES string of the molecule is CC(NC(=O)C(C)(C)n1cc([N+](=O)[O-])cn1)C(C)C(=O)O. The van der Waals surface area contributed by atoms with Crippen molar-refractivity contribution in [3.63, 3.8) is 0 Å². The predicted molar refractivity (Wildman–Crippen MR) is 72.6 cm³/mol. The third-order valence-electron chi connectivity index (χ3n) is 3.41. The molecule has 21 heavy (non-hydrogen) atoms. The normalized spacial score (nSPS) is 14.3. The van der Waals surface area contributed by atoms with Crippen LogP contribution in [0.15, 0.2) is 12.4 Å². The number of nitrogens with zero attached hydrogens (tertiary/aromatic N) is 3. The molecule has 9 heteroatoms. The molecule has 0 aliphatic heterocycles. The molecule has 9 nitrogen and oxygen atoms in total. The summed E-state index contributed by atoms with van der Waals surface area (Å²) in [5.41, 5.74) is -1.40. The van der Waals surface area contributed by atoms with Crippen LogP contribution >= 0.6 is 0 Å². The first-order valence-electron chi connectivity index (χ1n) is 6.30. The molecule has 0 aromatic carbocycles. The van der Waals surface area contributed by atoms with Crippen molar-refractivity contribution >= 4 is 17.6 Å². The summed E-state index contributed by atoms with van der Waals surface area (Å²) < 4.78 is 1.18. The van der Waals surface area contributed by atoms with Gasteiger partial charge in [-0.15, -0.1) is 0 Å². The highest BCUT2D eigenvalue weighted by molar-refractivity contribution is 5.84. The van der Waals surface area contributed by atoms with Gasteiger partial charge in [0.2, 0.25) is 5.91 Å². The van der Waals surface area contributed by atoms with Gasteiger partial charge in [0.05, 0.1) is 10.8 Å². The maximum atomic E-state index is 12.2. The fourth-order valence-electron chi connectivity index (χ4n) is 1.54. The first-order chi connectivity index (χ1) is 9.57. The number of carboxylic acid groups (broad SMARTS) is 1. The Morgan fingerprint density at radius 1 is 1.48 bits per heavy atom. The zero-order valence-corrected chi connectivity index (χ0v) is 12.2. The number of rotatable bonds is 6. The minimum absolute atomic E-state index is 0.220. The number of hydrogen-bond donors (Lipinski definition) is 2. The molecule has 0 saturated heterocycles. The lowest BCUT2D eigenvalue weighted by Gasteiger charge is -2.27. The zero-order valence-electron chi connectivity index (χ0n) is 12.2. The van der Waals surface area contributed by atoms with Gasteiger partial charge in [-0.3, -0.25) is 24.4 Å². The summed E-state index contributed by atoms with van der Waals surface area (Å²) in [6.45, 7) is 6.14. The molecule has 2 N–H and O–H groups in total. The number of carbonyl (C=O) groups is 2. The summed E-state index contributed by atoms with van der Waals surface area (Å²) in [5.74, 6) is -2.24. The Kier molecular flexibility index (Phi) is 4.66. The van der Waals surface area contributed by atoms with Crippen LogP contribution in [-0.4, -0.2) is 37.7 Å². The molecule has 0 spiro atoms. The summed E-state index contributed by atoms with van der Waals surface area (Å²) in [6, 6.07) is -0.583. The molecule has 0 saturated carbocycles. The third-order valence-corrected chi connectivity index (χ3v) is 3.41. The van der Waals surface area contributed by atoms with Crippen molar-refractivity contribution in [1.82, 2.24) is 15.1 Å². The van der Waals surface area contributed by atoms with E-state index in [1.165, 1.54) is 25.5 Å². The summed E-state index contributed by atoms with van der Waals surface area (Å²) in [6.07, 6.45) is 2.21.